The third kappa shape index (κ3) is 2.75. The van der Waals surface area contributed by atoms with Crippen LogP contribution in [0.2, 0.25) is 0 Å². The molecule has 0 saturated carbocycles. The average molecular weight is 361 g/mol. The zero-order valence-electron chi connectivity index (χ0n) is 13.9. The van der Waals surface area contributed by atoms with Gasteiger partial charge in [0, 0.05) is 31.3 Å². The minimum atomic E-state index is -3.49. The Hall–Kier alpha value is -2.19. The fourth-order valence-corrected chi connectivity index (χ4v) is 5.12. The summed E-state index contributed by atoms with van der Waals surface area (Å²) < 4.78 is 32.3. The number of carbonyl (C=O) groups excluding carboxylic acids is 1. The molecule has 0 spiro atoms. The first kappa shape index (κ1) is 16.3. The molecule has 132 valence electrons. The standard InChI is InChI=1S/C17H19N3O4S/c1-20-16-12-6-2-3-7-14(12)25(22,23)10-13(16)15(19-20)17(21)18-9-11-5-4-8-24-11/h2-3,6-7,11H,4-5,8-10H2,1H3,(H,18,21)/t11-/m0/s1. The van der Waals surface area contributed by atoms with E-state index >= 15 is 0 Å². The molecular formula is C17H19N3O4S. The minimum Gasteiger partial charge on any atom is -0.376 e. The third-order valence-electron chi connectivity index (χ3n) is 4.69. The highest BCUT2D eigenvalue weighted by Crippen LogP contribution is 2.38. The normalized spacial score (nSPS) is 20.8. The van der Waals surface area contributed by atoms with E-state index in [0.29, 0.717) is 30.0 Å². The Kier molecular flexibility index (Phi) is 3.88. The van der Waals surface area contributed by atoms with Crippen LogP contribution in [0.4, 0.5) is 0 Å². The largest absolute Gasteiger partial charge is 0.376 e. The summed E-state index contributed by atoms with van der Waals surface area (Å²) in [5, 5.41) is 7.12. The summed E-state index contributed by atoms with van der Waals surface area (Å²) in [6.45, 7) is 1.13. The summed E-state index contributed by atoms with van der Waals surface area (Å²) >= 11 is 0. The number of rotatable bonds is 3. The molecule has 4 rings (SSSR count). The molecular weight excluding hydrogens is 342 g/mol. The van der Waals surface area contributed by atoms with Crippen molar-refractivity contribution in [3.63, 3.8) is 0 Å². The van der Waals surface area contributed by atoms with Gasteiger partial charge in [-0.15, -0.1) is 0 Å². The number of nitrogens with one attached hydrogen (secondary N) is 1. The van der Waals surface area contributed by atoms with E-state index in [9.17, 15) is 13.2 Å². The number of hydrogen-bond acceptors (Lipinski definition) is 5. The summed E-state index contributed by atoms with van der Waals surface area (Å²) in [4.78, 5) is 12.9. The average Bonchev–Trinajstić information content (AvgIpc) is 3.20. The van der Waals surface area contributed by atoms with Crippen molar-refractivity contribution in [2.24, 2.45) is 7.05 Å². The van der Waals surface area contributed by atoms with E-state index in [2.05, 4.69) is 10.4 Å². The molecule has 2 aromatic rings. The smallest absolute Gasteiger partial charge is 0.272 e. The number of aromatic nitrogens is 2. The maximum atomic E-state index is 12.6. The van der Waals surface area contributed by atoms with Crippen LogP contribution in [-0.4, -0.2) is 43.4 Å². The van der Waals surface area contributed by atoms with Crippen molar-refractivity contribution in [2.45, 2.75) is 29.6 Å². The third-order valence-corrected chi connectivity index (χ3v) is 6.38. The van der Waals surface area contributed by atoms with Gasteiger partial charge in [0.2, 0.25) is 0 Å². The number of fused-ring (bicyclic) bond motifs is 3. The van der Waals surface area contributed by atoms with E-state index in [4.69, 9.17) is 4.74 Å². The Morgan fingerprint density at radius 1 is 1.40 bits per heavy atom. The van der Waals surface area contributed by atoms with Crippen LogP contribution < -0.4 is 5.32 Å². The molecule has 0 bridgehead atoms. The molecule has 0 radical (unpaired) electrons. The van der Waals surface area contributed by atoms with Gasteiger partial charge in [0.25, 0.3) is 5.91 Å². The van der Waals surface area contributed by atoms with Gasteiger partial charge < -0.3 is 10.1 Å². The molecule has 1 aromatic carbocycles. The fraction of sp³-hybridized carbons (Fsp3) is 0.412. The molecule has 1 N–H and O–H groups in total. The Morgan fingerprint density at radius 3 is 2.96 bits per heavy atom. The monoisotopic (exact) mass is 361 g/mol. The van der Waals surface area contributed by atoms with E-state index < -0.39 is 9.84 Å². The van der Waals surface area contributed by atoms with Gasteiger partial charge in [-0.2, -0.15) is 5.10 Å². The maximum absolute atomic E-state index is 12.6. The van der Waals surface area contributed by atoms with E-state index in [0.717, 1.165) is 12.8 Å². The van der Waals surface area contributed by atoms with Crippen molar-refractivity contribution in [1.29, 1.82) is 0 Å². The topological polar surface area (TPSA) is 90.3 Å². The zero-order chi connectivity index (χ0) is 17.6. The molecule has 25 heavy (non-hydrogen) atoms. The maximum Gasteiger partial charge on any atom is 0.272 e. The lowest BCUT2D eigenvalue weighted by atomic mass is 10.1. The Labute approximate surface area is 145 Å². The van der Waals surface area contributed by atoms with Gasteiger partial charge in [0.05, 0.1) is 22.4 Å². The fourth-order valence-electron chi connectivity index (χ4n) is 3.52. The van der Waals surface area contributed by atoms with Gasteiger partial charge in [-0.25, -0.2) is 8.42 Å². The Bertz CT molecular complexity index is 943. The van der Waals surface area contributed by atoms with Crippen molar-refractivity contribution in [3.8, 4) is 11.3 Å². The van der Waals surface area contributed by atoms with Crippen LogP contribution in [0.15, 0.2) is 29.2 Å². The summed E-state index contributed by atoms with van der Waals surface area (Å²) in [7, 11) is -1.76. The molecule has 1 atom stereocenters. The van der Waals surface area contributed by atoms with E-state index in [1.807, 2.05) is 0 Å². The van der Waals surface area contributed by atoms with E-state index in [-0.39, 0.29) is 28.4 Å². The molecule has 0 aliphatic carbocycles. The molecule has 7 nitrogen and oxygen atoms in total. The Morgan fingerprint density at radius 2 is 2.20 bits per heavy atom. The molecule has 8 heteroatoms. The predicted molar refractivity (Wildman–Crippen MR) is 90.8 cm³/mol. The Balaban J connectivity index is 1.70. The minimum absolute atomic E-state index is 0.0212. The number of carbonyl (C=O) groups is 1. The predicted octanol–water partition coefficient (Wildman–Crippen LogP) is 1.28. The van der Waals surface area contributed by atoms with Crippen molar-refractivity contribution in [2.75, 3.05) is 13.2 Å². The summed E-state index contributed by atoms with van der Waals surface area (Å²) in [6.07, 6.45) is 1.93. The number of amides is 1. The van der Waals surface area contributed by atoms with Gasteiger partial charge in [-0.3, -0.25) is 9.48 Å². The van der Waals surface area contributed by atoms with Gasteiger partial charge >= 0.3 is 0 Å². The summed E-state index contributed by atoms with van der Waals surface area (Å²) in [6, 6.07) is 6.83. The van der Waals surface area contributed by atoms with Gasteiger partial charge in [0.1, 0.15) is 0 Å². The molecule has 1 amide bonds. The van der Waals surface area contributed by atoms with Crippen LogP contribution in [0.3, 0.4) is 0 Å². The molecule has 2 aliphatic heterocycles. The summed E-state index contributed by atoms with van der Waals surface area (Å²) in [5.41, 5.74) is 1.92. The summed E-state index contributed by atoms with van der Waals surface area (Å²) in [5.74, 6) is -0.572. The first-order chi connectivity index (χ1) is 12.0. The number of nitrogens with zero attached hydrogens (tertiary/aromatic N) is 2. The highest BCUT2D eigenvalue weighted by Gasteiger charge is 2.34. The van der Waals surface area contributed by atoms with E-state index in [1.54, 1.807) is 36.0 Å². The number of hydrogen-bond donors (Lipinski definition) is 1. The lowest BCUT2D eigenvalue weighted by molar-refractivity contribution is 0.0852. The molecule has 1 aromatic heterocycles. The van der Waals surface area contributed by atoms with Crippen LogP contribution in [0.5, 0.6) is 0 Å². The number of sulfone groups is 1. The molecule has 2 aliphatic rings. The van der Waals surface area contributed by atoms with Gasteiger partial charge in [-0.05, 0) is 18.9 Å². The van der Waals surface area contributed by atoms with Crippen LogP contribution in [-0.2, 0) is 27.4 Å². The molecule has 1 saturated heterocycles. The van der Waals surface area contributed by atoms with Crippen molar-refractivity contribution in [1.82, 2.24) is 15.1 Å². The second kappa shape index (κ2) is 5.96. The molecule has 3 heterocycles. The number of benzene rings is 1. The molecule has 0 unspecified atom stereocenters. The highest BCUT2D eigenvalue weighted by molar-refractivity contribution is 7.90. The first-order valence-electron chi connectivity index (χ1n) is 8.25. The van der Waals surface area contributed by atoms with Crippen LogP contribution in [0, 0.1) is 0 Å². The van der Waals surface area contributed by atoms with Crippen LogP contribution in [0.1, 0.15) is 28.9 Å². The van der Waals surface area contributed by atoms with Gasteiger partial charge in [-0.1, -0.05) is 18.2 Å². The molecule has 1 fully saturated rings. The lowest BCUT2D eigenvalue weighted by Gasteiger charge is -2.18. The second-order valence-electron chi connectivity index (χ2n) is 6.40. The van der Waals surface area contributed by atoms with Crippen molar-refractivity contribution >= 4 is 15.7 Å². The SMILES string of the molecule is Cn1nc(C(=O)NC[C@@H]2CCCO2)c2c1-c1ccccc1S(=O)(=O)C2. The quantitative estimate of drug-likeness (QED) is 0.889. The van der Waals surface area contributed by atoms with E-state index in [1.165, 1.54) is 0 Å². The van der Waals surface area contributed by atoms with Crippen molar-refractivity contribution < 1.29 is 17.9 Å². The number of aryl methyl sites for hydroxylation is 1. The highest BCUT2D eigenvalue weighted by atomic mass is 32.2. The lowest BCUT2D eigenvalue weighted by Crippen LogP contribution is -2.32. The van der Waals surface area contributed by atoms with Crippen LogP contribution >= 0.6 is 0 Å². The van der Waals surface area contributed by atoms with Crippen molar-refractivity contribution in [3.05, 3.63) is 35.5 Å². The van der Waals surface area contributed by atoms with Crippen LogP contribution in [0.25, 0.3) is 11.3 Å². The number of ether oxygens (including phenoxy) is 1. The zero-order valence-corrected chi connectivity index (χ0v) is 14.7. The second-order valence-corrected chi connectivity index (χ2v) is 8.36. The van der Waals surface area contributed by atoms with Gasteiger partial charge in [0.15, 0.2) is 15.5 Å². The first-order valence-corrected chi connectivity index (χ1v) is 9.90.